The Kier molecular flexibility index (Phi) is 7.78. The molecule has 0 fully saturated rings. The highest BCUT2D eigenvalue weighted by molar-refractivity contribution is 7.57. The van der Waals surface area contributed by atoms with Gasteiger partial charge in [-0.1, -0.05) is 13.8 Å². The van der Waals surface area contributed by atoms with Crippen molar-refractivity contribution in [2.24, 2.45) is 5.92 Å². The molecule has 9 heteroatoms. The number of carbonyl (C=O) groups is 2. The van der Waals surface area contributed by atoms with Crippen molar-refractivity contribution in [1.82, 2.24) is 5.32 Å². The van der Waals surface area contributed by atoms with Gasteiger partial charge in [-0.2, -0.15) is 0 Å². The van der Waals surface area contributed by atoms with E-state index in [1.165, 1.54) is 6.92 Å². The van der Waals surface area contributed by atoms with Crippen LogP contribution in [0.25, 0.3) is 0 Å². The second kappa shape index (κ2) is 8.24. The van der Waals surface area contributed by atoms with E-state index in [0.29, 0.717) is 0 Å². The summed E-state index contributed by atoms with van der Waals surface area (Å²) in [6, 6.07) is 0. The monoisotopic (exact) mass is 311 g/mol. The van der Waals surface area contributed by atoms with Crippen molar-refractivity contribution in [3.8, 4) is 0 Å². The van der Waals surface area contributed by atoms with Crippen molar-refractivity contribution >= 4 is 19.4 Å². The lowest BCUT2D eigenvalue weighted by molar-refractivity contribution is -0.168. The van der Waals surface area contributed by atoms with Crippen LogP contribution in [0.3, 0.4) is 0 Å². The maximum absolute atomic E-state index is 11.3. The Bertz CT molecular complexity index is 379. The zero-order valence-electron chi connectivity index (χ0n) is 12.0. The summed E-state index contributed by atoms with van der Waals surface area (Å²) in [7, 11) is -3.58. The number of hydrogen-bond donors (Lipinski definition) is 3. The highest BCUT2D eigenvalue weighted by Crippen LogP contribution is 2.41. The van der Waals surface area contributed by atoms with Gasteiger partial charge in [-0.3, -0.25) is 9.36 Å². The molecule has 0 radical (unpaired) electrons. The first-order valence-corrected chi connectivity index (χ1v) is 8.34. The van der Waals surface area contributed by atoms with Gasteiger partial charge in [0.2, 0.25) is 13.7 Å². The van der Waals surface area contributed by atoms with Gasteiger partial charge < -0.3 is 24.8 Å². The number of alkyl carbamates (subject to hydrolysis) is 1. The molecule has 20 heavy (non-hydrogen) atoms. The van der Waals surface area contributed by atoms with Gasteiger partial charge in [-0.05, 0) is 0 Å². The van der Waals surface area contributed by atoms with E-state index < -0.39 is 31.6 Å². The SMILES string of the molecule is CC(OC(=O)NCCC(O)P(C)(=O)O)OC(=O)C(C)C. The molecule has 0 heterocycles. The van der Waals surface area contributed by atoms with Crippen LogP contribution in [0.5, 0.6) is 0 Å². The number of esters is 1. The summed E-state index contributed by atoms with van der Waals surface area (Å²) in [5, 5.41) is 11.6. The number of hydrogen-bond acceptors (Lipinski definition) is 6. The second-order valence-electron chi connectivity index (χ2n) is 4.70. The number of aliphatic hydroxyl groups is 1. The summed E-state index contributed by atoms with van der Waals surface area (Å²) in [4.78, 5) is 31.6. The van der Waals surface area contributed by atoms with Gasteiger partial charge >= 0.3 is 12.1 Å². The third-order valence-electron chi connectivity index (χ3n) is 2.25. The van der Waals surface area contributed by atoms with E-state index in [1.807, 2.05) is 0 Å². The van der Waals surface area contributed by atoms with Crippen LogP contribution in [0.4, 0.5) is 4.79 Å². The summed E-state index contributed by atoms with van der Waals surface area (Å²) in [6.45, 7) is 5.68. The Morgan fingerprint density at radius 2 is 1.80 bits per heavy atom. The third kappa shape index (κ3) is 8.14. The highest BCUT2D eigenvalue weighted by atomic mass is 31.2. The van der Waals surface area contributed by atoms with Crippen molar-refractivity contribution in [1.29, 1.82) is 0 Å². The van der Waals surface area contributed by atoms with E-state index in [-0.39, 0.29) is 18.9 Å². The average molecular weight is 311 g/mol. The maximum atomic E-state index is 11.3. The van der Waals surface area contributed by atoms with E-state index in [1.54, 1.807) is 13.8 Å². The summed E-state index contributed by atoms with van der Waals surface area (Å²) in [5.41, 5.74) is 0. The zero-order valence-corrected chi connectivity index (χ0v) is 12.9. The van der Waals surface area contributed by atoms with Crippen LogP contribution in [0.1, 0.15) is 27.2 Å². The molecule has 0 bridgehead atoms. The molecule has 3 N–H and O–H groups in total. The van der Waals surface area contributed by atoms with Crippen LogP contribution in [-0.4, -0.2) is 47.4 Å². The number of aliphatic hydroxyl groups excluding tert-OH is 1. The molecule has 0 spiro atoms. The maximum Gasteiger partial charge on any atom is 0.410 e. The number of nitrogens with one attached hydrogen (secondary N) is 1. The molecule has 0 aromatic rings. The smallest absolute Gasteiger partial charge is 0.410 e. The number of amides is 1. The van der Waals surface area contributed by atoms with E-state index >= 15 is 0 Å². The van der Waals surface area contributed by atoms with Gasteiger partial charge in [0, 0.05) is 26.6 Å². The Labute approximate surface area is 117 Å². The molecule has 0 rings (SSSR count). The van der Waals surface area contributed by atoms with Crippen molar-refractivity contribution in [2.75, 3.05) is 13.2 Å². The fourth-order valence-corrected chi connectivity index (χ4v) is 1.67. The molecule has 1 amide bonds. The minimum Gasteiger partial charge on any atom is -0.425 e. The summed E-state index contributed by atoms with van der Waals surface area (Å²) in [6.07, 6.45) is -1.96. The summed E-state index contributed by atoms with van der Waals surface area (Å²) >= 11 is 0. The topological polar surface area (TPSA) is 122 Å². The van der Waals surface area contributed by atoms with Crippen LogP contribution < -0.4 is 5.32 Å². The molecule has 118 valence electrons. The first kappa shape index (κ1) is 18.9. The second-order valence-corrected chi connectivity index (χ2v) is 7.19. The highest BCUT2D eigenvalue weighted by Gasteiger charge is 2.23. The number of rotatable bonds is 7. The molecule has 3 atom stereocenters. The molecule has 0 saturated heterocycles. The van der Waals surface area contributed by atoms with Gasteiger partial charge in [-0.15, -0.1) is 0 Å². The lowest BCUT2D eigenvalue weighted by Gasteiger charge is -2.17. The fourth-order valence-electron chi connectivity index (χ4n) is 1.06. The van der Waals surface area contributed by atoms with Crippen molar-refractivity contribution in [2.45, 2.75) is 39.3 Å². The molecule has 8 nitrogen and oxygen atoms in total. The molecule has 0 aliphatic rings. The Hall–Kier alpha value is -1.11. The van der Waals surface area contributed by atoms with Crippen LogP contribution >= 0.6 is 7.37 Å². The molecular weight excluding hydrogens is 289 g/mol. The third-order valence-corrected chi connectivity index (χ3v) is 3.62. The predicted molar refractivity (Wildman–Crippen MR) is 71.2 cm³/mol. The Morgan fingerprint density at radius 3 is 2.25 bits per heavy atom. The van der Waals surface area contributed by atoms with Gasteiger partial charge in [0.25, 0.3) is 0 Å². The Morgan fingerprint density at radius 1 is 1.25 bits per heavy atom. The lowest BCUT2D eigenvalue weighted by Crippen LogP contribution is -2.32. The minimum atomic E-state index is -3.58. The normalized spacial score (nSPS) is 16.9. The molecular formula is C11H22NO7P. The minimum absolute atomic E-state index is 0.0385. The molecule has 0 saturated carbocycles. The van der Waals surface area contributed by atoms with Crippen LogP contribution in [0.2, 0.25) is 0 Å². The Balaban J connectivity index is 3.95. The van der Waals surface area contributed by atoms with Crippen LogP contribution in [0.15, 0.2) is 0 Å². The molecule has 0 aromatic heterocycles. The van der Waals surface area contributed by atoms with Crippen molar-refractivity contribution < 1.29 is 33.6 Å². The van der Waals surface area contributed by atoms with Gasteiger partial charge in [0.1, 0.15) is 5.85 Å². The standard InChI is InChI=1S/C11H22NO7P/c1-7(2)10(14)18-8(3)19-11(15)12-6-5-9(13)20(4,16)17/h7-9,13H,5-6H2,1-4H3,(H,12,15)(H,16,17). The largest absolute Gasteiger partial charge is 0.425 e. The average Bonchev–Trinajstić information content (AvgIpc) is 2.26. The lowest BCUT2D eigenvalue weighted by atomic mass is 10.2. The zero-order chi connectivity index (χ0) is 15.9. The van der Waals surface area contributed by atoms with Gasteiger partial charge in [-0.25, -0.2) is 4.79 Å². The van der Waals surface area contributed by atoms with E-state index in [2.05, 4.69) is 5.32 Å². The van der Waals surface area contributed by atoms with Gasteiger partial charge in [0.05, 0.1) is 5.92 Å². The molecule has 3 unspecified atom stereocenters. The van der Waals surface area contributed by atoms with E-state index in [0.717, 1.165) is 6.66 Å². The molecule has 0 aliphatic heterocycles. The number of carbonyl (C=O) groups excluding carboxylic acids is 2. The predicted octanol–water partition coefficient (Wildman–Crippen LogP) is 0.866. The molecule has 0 aliphatic carbocycles. The van der Waals surface area contributed by atoms with Crippen molar-refractivity contribution in [3.05, 3.63) is 0 Å². The van der Waals surface area contributed by atoms with Crippen LogP contribution in [0, 0.1) is 5.92 Å². The summed E-state index contributed by atoms with van der Waals surface area (Å²) in [5.74, 6) is -2.23. The number of ether oxygens (including phenoxy) is 2. The van der Waals surface area contributed by atoms with Crippen molar-refractivity contribution in [3.63, 3.8) is 0 Å². The first-order valence-electron chi connectivity index (χ1n) is 6.17. The first-order chi connectivity index (χ1) is 9.04. The molecule has 0 aromatic carbocycles. The quantitative estimate of drug-likeness (QED) is 0.362. The van der Waals surface area contributed by atoms with E-state index in [4.69, 9.17) is 14.4 Å². The summed E-state index contributed by atoms with van der Waals surface area (Å²) < 4.78 is 20.6. The van der Waals surface area contributed by atoms with Crippen LogP contribution in [-0.2, 0) is 18.8 Å². The fraction of sp³-hybridized carbons (Fsp3) is 0.818. The van der Waals surface area contributed by atoms with E-state index in [9.17, 15) is 19.3 Å². The van der Waals surface area contributed by atoms with Gasteiger partial charge in [0.15, 0.2) is 0 Å².